The van der Waals surface area contributed by atoms with E-state index in [4.69, 9.17) is 21.4 Å². The topological polar surface area (TPSA) is 32.7 Å². The van der Waals surface area contributed by atoms with Crippen molar-refractivity contribution in [2.24, 2.45) is 5.92 Å². The molecule has 1 aliphatic heterocycles. The highest BCUT2D eigenvalue weighted by Gasteiger charge is 2.25. The van der Waals surface area contributed by atoms with Crippen molar-refractivity contribution in [3.05, 3.63) is 27.7 Å². The third-order valence-electron chi connectivity index (χ3n) is 2.85. The second-order valence-electron chi connectivity index (χ2n) is 4.23. The first-order chi connectivity index (χ1) is 8.19. The molecule has 0 amide bonds. The number of halogens is 2. The minimum atomic E-state index is 0.292. The quantitative estimate of drug-likeness (QED) is 0.904. The van der Waals surface area contributed by atoms with Crippen molar-refractivity contribution in [3.63, 3.8) is 0 Å². The van der Waals surface area contributed by atoms with E-state index in [2.05, 4.69) is 20.8 Å². The number of rotatable bonds is 5. The standard InChI is InChI=1S/C12H15BrClNO2/c13-11-5-10(14)1-2-12(11)17-4-3-15-6-9(7-15)8-16/h1-2,5,9,16H,3-4,6-8H2. The Morgan fingerprint density at radius 3 is 2.88 bits per heavy atom. The van der Waals surface area contributed by atoms with Crippen LogP contribution in [0.3, 0.4) is 0 Å². The lowest BCUT2D eigenvalue weighted by molar-refractivity contribution is 0.0438. The Bertz CT molecular complexity index is 383. The SMILES string of the molecule is OCC1CN(CCOc2ccc(Cl)cc2Br)C1. The molecule has 0 aromatic heterocycles. The fraction of sp³-hybridized carbons (Fsp3) is 0.500. The van der Waals surface area contributed by atoms with Gasteiger partial charge in [-0.25, -0.2) is 0 Å². The van der Waals surface area contributed by atoms with E-state index >= 15 is 0 Å². The molecule has 0 atom stereocenters. The maximum atomic E-state index is 8.89. The third-order valence-corrected chi connectivity index (χ3v) is 3.70. The predicted octanol–water partition coefficient (Wildman–Crippen LogP) is 2.41. The average Bonchev–Trinajstić information content (AvgIpc) is 2.24. The van der Waals surface area contributed by atoms with E-state index < -0.39 is 0 Å². The molecule has 1 heterocycles. The van der Waals surface area contributed by atoms with Gasteiger partial charge in [-0.05, 0) is 34.1 Å². The van der Waals surface area contributed by atoms with Crippen molar-refractivity contribution in [1.29, 1.82) is 0 Å². The summed E-state index contributed by atoms with van der Waals surface area (Å²) >= 11 is 9.26. The normalized spacial score (nSPS) is 16.9. The molecule has 0 saturated carbocycles. The summed E-state index contributed by atoms with van der Waals surface area (Å²) < 4.78 is 6.53. The van der Waals surface area contributed by atoms with Gasteiger partial charge in [0.15, 0.2) is 0 Å². The highest BCUT2D eigenvalue weighted by atomic mass is 79.9. The van der Waals surface area contributed by atoms with Crippen LogP contribution in [-0.2, 0) is 0 Å². The van der Waals surface area contributed by atoms with Gasteiger partial charge in [0, 0.05) is 37.2 Å². The summed E-state index contributed by atoms with van der Waals surface area (Å²) in [6, 6.07) is 5.49. The van der Waals surface area contributed by atoms with E-state index in [1.807, 2.05) is 18.2 Å². The number of hydrogen-bond acceptors (Lipinski definition) is 3. The Morgan fingerprint density at radius 1 is 1.47 bits per heavy atom. The Hall–Kier alpha value is -0.290. The Morgan fingerprint density at radius 2 is 2.24 bits per heavy atom. The van der Waals surface area contributed by atoms with Crippen molar-refractivity contribution < 1.29 is 9.84 Å². The Labute approximate surface area is 114 Å². The molecular weight excluding hydrogens is 305 g/mol. The van der Waals surface area contributed by atoms with Crippen LogP contribution in [0.4, 0.5) is 0 Å². The summed E-state index contributed by atoms with van der Waals surface area (Å²) in [5.74, 6) is 1.27. The molecule has 1 aromatic carbocycles. The largest absolute Gasteiger partial charge is 0.491 e. The van der Waals surface area contributed by atoms with Crippen molar-refractivity contribution in [3.8, 4) is 5.75 Å². The minimum absolute atomic E-state index is 0.292. The molecule has 0 unspecified atom stereocenters. The molecule has 94 valence electrons. The van der Waals surface area contributed by atoms with Gasteiger partial charge in [0.1, 0.15) is 12.4 Å². The second-order valence-corrected chi connectivity index (χ2v) is 5.52. The van der Waals surface area contributed by atoms with Crippen LogP contribution in [0, 0.1) is 5.92 Å². The van der Waals surface area contributed by atoms with Crippen LogP contribution >= 0.6 is 27.5 Å². The van der Waals surface area contributed by atoms with Gasteiger partial charge in [0.05, 0.1) is 4.47 Å². The van der Waals surface area contributed by atoms with Gasteiger partial charge >= 0.3 is 0 Å². The zero-order valence-corrected chi connectivity index (χ0v) is 11.7. The number of hydrogen-bond donors (Lipinski definition) is 1. The number of benzene rings is 1. The van der Waals surface area contributed by atoms with Crippen molar-refractivity contribution in [2.75, 3.05) is 32.8 Å². The van der Waals surface area contributed by atoms with Gasteiger partial charge in [-0.3, -0.25) is 4.90 Å². The van der Waals surface area contributed by atoms with Crippen molar-refractivity contribution in [1.82, 2.24) is 4.90 Å². The molecule has 1 fully saturated rings. The lowest BCUT2D eigenvalue weighted by Crippen LogP contribution is -2.49. The van der Waals surface area contributed by atoms with Gasteiger partial charge in [0.2, 0.25) is 0 Å². The Balaban J connectivity index is 1.72. The van der Waals surface area contributed by atoms with Crippen LogP contribution in [0.25, 0.3) is 0 Å². The lowest BCUT2D eigenvalue weighted by Gasteiger charge is -2.38. The van der Waals surface area contributed by atoms with Crippen LogP contribution in [0.2, 0.25) is 5.02 Å². The van der Waals surface area contributed by atoms with Gasteiger partial charge in [-0.1, -0.05) is 11.6 Å². The molecule has 17 heavy (non-hydrogen) atoms. The maximum Gasteiger partial charge on any atom is 0.133 e. The number of aliphatic hydroxyl groups is 1. The van der Waals surface area contributed by atoms with Crippen molar-refractivity contribution in [2.45, 2.75) is 0 Å². The first-order valence-electron chi connectivity index (χ1n) is 5.60. The summed E-state index contributed by atoms with van der Waals surface area (Å²) in [5.41, 5.74) is 0. The number of likely N-dealkylation sites (tertiary alicyclic amines) is 1. The molecule has 3 nitrogen and oxygen atoms in total. The highest BCUT2D eigenvalue weighted by molar-refractivity contribution is 9.10. The summed E-state index contributed by atoms with van der Waals surface area (Å²) in [7, 11) is 0. The number of nitrogens with zero attached hydrogens (tertiary/aromatic N) is 1. The summed E-state index contributed by atoms with van der Waals surface area (Å²) in [6.45, 7) is 3.79. The molecule has 0 radical (unpaired) electrons. The minimum Gasteiger partial charge on any atom is -0.491 e. The smallest absolute Gasteiger partial charge is 0.133 e. The van der Waals surface area contributed by atoms with Gasteiger partial charge in [-0.15, -0.1) is 0 Å². The van der Waals surface area contributed by atoms with Gasteiger partial charge in [-0.2, -0.15) is 0 Å². The highest BCUT2D eigenvalue weighted by Crippen LogP contribution is 2.28. The molecule has 1 aromatic rings. The first-order valence-corrected chi connectivity index (χ1v) is 6.77. The van der Waals surface area contributed by atoms with E-state index in [0.29, 0.717) is 24.2 Å². The summed E-state index contributed by atoms with van der Waals surface area (Å²) in [6.07, 6.45) is 0. The maximum absolute atomic E-state index is 8.89. The Kier molecular flexibility index (Phi) is 4.68. The third kappa shape index (κ3) is 3.58. The summed E-state index contributed by atoms with van der Waals surface area (Å²) in [5, 5.41) is 9.59. The van der Waals surface area contributed by atoms with Gasteiger partial charge in [0.25, 0.3) is 0 Å². The zero-order valence-electron chi connectivity index (χ0n) is 9.40. The van der Waals surface area contributed by atoms with Crippen LogP contribution in [0.1, 0.15) is 0 Å². The van der Waals surface area contributed by atoms with Crippen molar-refractivity contribution >= 4 is 27.5 Å². The van der Waals surface area contributed by atoms with Gasteiger partial charge < -0.3 is 9.84 Å². The van der Waals surface area contributed by atoms with Crippen LogP contribution in [0.5, 0.6) is 5.75 Å². The first kappa shape index (κ1) is 13.1. The molecular formula is C12H15BrClNO2. The lowest BCUT2D eigenvalue weighted by atomic mass is 10.0. The van der Waals surface area contributed by atoms with E-state index in [0.717, 1.165) is 29.9 Å². The second kappa shape index (κ2) is 6.05. The number of ether oxygens (including phenoxy) is 1. The van der Waals surface area contributed by atoms with E-state index in [-0.39, 0.29) is 0 Å². The van der Waals surface area contributed by atoms with Crippen LogP contribution < -0.4 is 4.74 Å². The molecule has 1 N–H and O–H groups in total. The molecule has 5 heteroatoms. The molecule has 0 aliphatic carbocycles. The van der Waals surface area contributed by atoms with Crippen LogP contribution in [-0.4, -0.2) is 42.9 Å². The molecule has 1 aliphatic rings. The number of aliphatic hydroxyl groups excluding tert-OH is 1. The summed E-state index contributed by atoms with van der Waals surface area (Å²) in [4.78, 5) is 2.27. The van der Waals surface area contributed by atoms with E-state index in [1.165, 1.54) is 0 Å². The molecule has 0 bridgehead atoms. The molecule has 1 saturated heterocycles. The van der Waals surface area contributed by atoms with Crippen LogP contribution in [0.15, 0.2) is 22.7 Å². The zero-order chi connectivity index (χ0) is 12.3. The monoisotopic (exact) mass is 319 g/mol. The fourth-order valence-electron chi connectivity index (χ4n) is 1.85. The predicted molar refractivity (Wildman–Crippen MR) is 71.7 cm³/mol. The molecule has 0 spiro atoms. The molecule has 2 rings (SSSR count). The fourth-order valence-corrected chi connectivity index (χ4v) is 2.65. The average molecular weight is 321 g/mol. The van der Waals surface area contributed by atoms with E-state index in [1.54, 1.807) is 0 Å². The van der Waals surface area contributed by atoms with E-state index in [9.17, 15) is 0 Å².